The van der Waals surface area contributed by atoms with Gasteiger partial charge in [0.1, 0.15) is 17.1 Å². The highest BCUT2D eigenvalue weighted by molar-refractivity contribution is 7.92. The van der Waals surface area contributed by atoms with Crippen LogP contribution in [-0.4, -0.2) is 39.1 Å². The molecular formula is C13H15NO7S. The van der Waals surface area contributed by atoms with Crippen LogP contribution >= 0.6 is 0 Å². The highest BCUT2D eigenvalue weighted by Gasteiger charge is 2.27. The second-order valence-electron chi connectivity index (χ2n) is 4.37. The molecule has 0 bridgehead atoms. The summed E-state index contributed by atoms with van der Waals surface area (Å²) in [6.45, 7) is 0. The van der Waals surface area contributed by atoms with Gasteiger partial charge in [0.2, 0.25) is 21.5 Å². The Morgan fingerprint density at radius 3 is 2.09 bits per heavy atom. The molecule has 0 saturated carbocycles. The molecule has 22 heavy (non-hydrogen) atoms. The molecule has 8 nitrogen and oxygen atoms in total. The molecule has 0 spiro atoms. The molecular weight excluding hydrogens is 314 g/mol. The zero-order valence-electron chi connectivity index (χ0n) is 12.1. The van der Waals surface area contributed by atoms with Crippen LogP contribution in [0, 0.1) is 0 Å². The topological polar surface area (TPSA) is 118 Å². The van der Waals surface area contributed by atoms with Crippen molar-refractivity contribution in [2.24, 2.45) is 0 Å². The number of furan rings is 1. The number of nitrogens with one attached hydrogen (secondary N) is 1. The van der Waals surface area contributed by atoms with Crippen molar-refractivity contribution in [3.05, 3.63) is 18.2 Å². The lowest BCUT2D eigenvalue weighted by atomic mass is 10.1. The van der Waals surface area contributed by atoms with Crippen LogP contribution < -0.4 is 14.2 Å². The predicted octanol–water partition coefficient (Wildman–Crippen LogP) is 1.75. The molecule has 3 N–H and O–H groups in total. The van der Waals surface area contributed by atoms with Crippen molar-refractivity contribution < 1.29 is 32.5 Å². The first-order valence-electron chi connectivity index (χ1n) is 6.02. The summed E-state index contributed by atoms with van der Waals surface area (Å²) < 4.78 is 40.0. The van der Waals surface area contributed by atoms with Crippen LogP contribution in [0.25, 0.3) is 11.3 Å². The van der Waals surface area contributed by atoms with Gasteiger partial charge in [0.05, 0.1) is 20.5 Å². The summed E-state index contributed by atoms with van der Waals surface area (Å²) >= 11 is 0. The lowest BCUT2D eigenvalue weighted by Crippen LogP contribution is -2.08. The van der Waals surface area contributed by atoms with E-state index in [0.717, 1.165) is 6.26 Å². The van der Waals surface area contributed by atoms with E-state index in [-0.39, 0.29) is 11.3 Å². The van der Waals surface area contributed by atoms with E-state index in [0.29, 0.717) is 11.5 Å². The minimum atomic E-state index is -3.69. The lowest BCUT2D eigenvalue weighted by molar-refractivity contribution is 0.391. The molecule has 1 aromatic carbocycles. The van der Waals surface area contributed by atoms with E-state index in [1.807, 2.05) is 4.72 Å². The molecule has 2 aromatic rings. The Kier molecular flexibility index (Phi) is 4.09. The zero-order chi connectivity index (χ0) is 16.5. The summed E-state index contributed by atoms with van der Waals surface area (Å²) in [5, 5.41) is 19.8. The maximum absolute atomic E-state index is 11.2. The number of anilines is 1. The van der Waals surface area contributed by atoms with Crippen LogP contribution in [0.2, 0.25) is 0 Å². The number of rotatable bonds is 5. The van der Waals surface area contributed by atoms with Gasteiger partial charge in [0, 0.05) is 0 Å². The maximum Gasteiger partial charge on any atom is 0.253 e. The van der Waals surface area contributed by atoms with E-state index < -0.39 is 27.4 Å². The Balaban J connectivity index is 2.67. The number of ether oxygens (including phenoxy) is 2. The third-order valence-electron chi connectivity index (χ3n) is 2.79. The van der Waals surface area contributed by atoms with Crippen molar-refractivity contribution >= 4 is 15.9 Å². The van der Waals surface area contributed by atoms with E-state index >= 15 is 0 Å². The number of hydrogen-bond donors (Lipinski definition) is 3. The molecule has 0 aliphatic carbocycles. The Morgan fingerprint density at radius 2 is 1.64 bits per heavy atom. The van der Waals surface area contributed by atoms with E-state index in [4.69, 9.17) is 13.9 Å². The molecule has 0 aliphatic rings. The normalized spacial score (nSPS) is 11.2. The number of hydrogen-bond acceptors (Lipinski definition) is 7. The molecule has 0 saturated heterocycles. The fourth-order valence-corrected chi connectivity index (χ4v) is 2.37. The summed E-state index contributed by atoms with van der Waals surface area (Å²) in [6.07, 6.45) is 0.884. The quantitative estimate of drug-likeness (QED) is 0.764. The second-order valence-corrected chi connectivity index (χ2v) is 6.12. The number of aromatic hydroxyl groups is 2. The summed E-state index contributed by atoms with van der Waals surface area (Å²) in [5.74, 6) is -1.41. The number of methoxy groups -OCH3 is 2. The minimum Gasteiger partial charge on any atom is -0.502 e. The van der Waals surface area contributed by atoms with Crippen molar-refractivity contribution in [3.8, 4) is 34.3 Å². The first-order valence-corrected chi connectivity index (χ1v) is 7.91. The van der Waals surface area contributed by atoms with Gasteiger partial charge in [-0.25, -0.2) is 8.42 Å². The molecule has 0 atom stereocenters. The smallest absolute Gasteiger partial charge is 0.253 e. The molecule has 0 amide bonds. The summed E-state index contributed by atoms with van der Waals surface area (Å²) in [7, 11) is -0.873. The van der Waals surface area contributed by atoms with Crippen LogP contribution in [0.4, 0.5) is 5.88 Å². The summed E-state index contributed by atoms with van der Waals surface area (Å²) in [5.41, 5.74) is 0.238. The first kappa shape index (κ1) is 15.8. The minimum absolute atomic E-state index is 0.182. The third-order valence-corrected chi connectivity index (χ3v) is 3.35. The predicted molar refractivity (Wildman–Crippen MR) is 79.0 cm³/mol. The molecule has 9 heteroatoms. The molecule has 0 fully saturated rings. The Morgan fingerprint density at radius 1 is 1.09 bits per heavy atom. The summed E-state index contributed by atoms with van der Waals surface area (Å²) in [6, 6.07) is 4.86. The SMILES string of the molecule is COc1cccc(OC)c1-c1oc(NS(C)(=O)=O)c(O)c1O. The largest absolute Gasteiger partial charge is 0.502 e. The van der Waals surface area contributed by atoms with Gasteiger partial charge in [-0.05, 0) is 12.1 Å². The first-order chi connectivity index (χ1) is 10.3. The highest BCUT2D eigenvalue weighted by atomic mass is 32.2. The van der Waals surface area contributed by atoms with Crippen LogP contribution in [0.1, 0.15) is 0 Å². The zero-order valence-corrected chi connectivity index (χ0v) is 12.9. The molecule has 0 unspecified atom stereocenters. The molecule has 2 rings (SSSR count). The average Bonchev–Trinajstić information content (AvgIpc) is 2.72. The van der Waals surface area contributed by atoms with Crippen molar-refractivity contribution in [1.82, 2.24) is 0 Å². The van der Waals surface area contributed by atoms with Gasteiger partial charge >= 0.3 is 0 Å². The van der Waals surface area contributed by atoms with Gasteiger partial charge in [0.15, 0.2) is 5.76 Å². The fraction of sp³-hybridized carbons (Fsp3) is 0.231. The lowest BCUT2D eigenvalue weighted by Gasteiger charge is -2.11. The van der Waals surface area contributed by atoms with Crippen molar-refractivity contribution in [1.29, 1.82) is 0 Å². The van der Waals surface area contributed by atoms with E-state index in [1.54, 1.807) is 18.2 Å². The standard InChI is InChI=1S/C13H15NO7S/c1-19-7-5-4-6-8(20-2)9(7)12-10(15)11(16)13(21-12)14-22(3,17)18/h4-6,14-16H,1-3H3. The van der Waals surface area contributed by atoms with Crippen LogP contribution in [0.5, 0.6) is 23.0 Å². The van der Waals surface area contributed by atoms with E-state index in [2.05, 4.69) is 0 Å². The van der Waals surface area contributed by atoms with E-state index in [9.17, 15) is 18.6 Å². The molecule has 0 aliphatic heterocycles. The van der Waals surface area contributed by atoms with Gasteiger partial charge in [-0.2, -0.15) is 0 Å². The van der Waals surface area contributed by atoms with Crippen LogP contribution in [-0.2, 0) is 10.0 Å². The Hall–Kier alpha value is -2.55. The highest BCUT2D eigenvalue weighted by Crippen LogP contribution is 2.50. The van der Waals surface area contributed by atoms with Gasteiger partial charge < -0.3 is 24.1 Å². The van der Waals surface area contributed by atoms with Crippen molar-refractivity contribution in [2.45, 2.75) is 0 Å². The van der Waals surface area contributed by atoms with Gasteiger partial charge in [-0.15, -0.1) is 0 Å². The van der Waals surface area contributed by atoms with Crippen LogP contribution in [0.15, 0.2) is 22.6 Å². The molecule has 1 aromatic heterocycles. The Labute approximate surface area is 127 Å². The van der Waals surface area contributed by atoms with Gasteiger partial charge in [-0.3, -0.25) is 4.72 Å². The monoisotopic (exact) mass is 329 g/mol. The number of sulfonamides is 1. The Bertz CT molecular complexity index is 773. The van der Waals surface area contributed by atoms with Gasteiger partial charge in [-0.1, -0.05) is 6.07 Å². The third kappa shape index (κ3) is 2.89. The maximum atomic E-state index is 11.2. The number of benzene rings is 1. The molecule has 1 heterocycles. The van der Waals surface area contributed by atoms with Crippen molar-refractivity contribution in [2.75, 3.05) is 25.2 Å². The fourth-order valence-electron chi connectivity index (χ4n) is 1.90. The van der Waals surface area contributed by atoms with Crippen LogP contribution in [0.3, 0.4) is 0 Å². The van der Waals surface area contributed by atoms with Gasteiger partial charge in [0.25, 0.3) is 5.88 Å². The average molecular weight is 329 g/mol. The van der Waals surface area contributed by atoms with Crippen molar-refractivity contribution in [3.63, 3.8) is 0 Å². The van der Waals surface area contributed by atoms with E-state index in [1.165, 1.54) is 14.2 Å². The molecule has 120 valence electrons. The summed E-state index contributed by atoms with van der Waals surface area (Å²) in [4.78, 5) is 0. The second kappa shape index (κ2) is 5.68. The molecule has 0 radical (unpaired) electrons.